The van der Waals surface area contributed by atoms with Crippen molar-refractivity contribution in [3.63, 3.8) is 0 Å². The van der Waals surface area contributed by atoms with E-state index in [0.29, 0.717) is 27.4 Å². The second kappa shape index (κ2) is 7.79. The molecule has 1 unspecified atom stereocenters. The summed E-state index contributed by atoms with van der Waals surface area (Å²) in [6.45, 7) is 4.77. The van der Waals surface area contributed by atoms with Crippen LogP contribution in [0.1, 0.15) is 38.3 Å². The summed E-state index contributed by atoms with van der Waals surface area (Å²) in [4.78, 5) is 19.1. The quantitative estimate of drug-likeness (QED) is 0.747. The monoisotopic (exact) mass is 380 g/mol. The van der Waals surface area contributed by atoms with E-state index < -0.39 is 0 Å². The molecule has 0 bridgehead atoms. The molecule has 3 rings (SSSR count). The fraction of sp³-hybridized carbons (Fsp3) is 0.474. The number of aromatic nitrogens is 1. The number of amides is 1. The first-order valence-corrected chi connectivity index (χ1v) is 9.44. The minimum atomic E-state index is -0.0391. The molecule has 0 spiro atoms. The van der Waals surface area contributed by atoms with Gasteiger partial charge in [0.2, 0.25) is 0 Å². The van der Waals surface area contributed by atoms with Crippen molar-refractivity contribution in [2.75, 3.05) is 13.2 Å². The van der Waals surface area contributed by atoms with Gasteiger partial charge < -0.3 is 9.64 Å². The molecule has 6 heteroatoms. The average molecular weight is 381 g/mol. The van der Waals surface area contributed by atoms with Crippen molar-refractivity contribution < 1.29 is 9.53 Å². The van der Waals surface area contributed by atoms with E-state index in [1.54, 1.807) is 6.07 Å². The Labute approximate surface area is 158 Å². The van der Waals surface area contributed by atoms with Gasteiger partial charge in [0.1, 0.15) is 5.52 Å². The van der Waals surface area contributed by atoms with Gasteiger partial charge >= 0.3 is 0 Å². The van der Waals surface area contributed by atoms with E-state index >= 15 is 0 Å². The standard InChI is InChI=1S/C19H22Cl2N2O2/c1-3-13-6-4-5-9-23(13)17(24)11-25-19-16(21)10-15(20)14-8-7-12(2)22-18(14)19/h7-8,10,13H,3-6,9,11H2,1-2H3. The van der Waals surface area contributed by atoms with Gasteiger partial charge in [0.05, 0.1) is 10.0 Å². The van der Waals surface area contributed by atoms with Crippen molar-refractivity contribution in [2.24, 2.45) is 0 Å². The maximum Gasteiger partial charge on any atom is 0.260 e. The smallest absolute Gasteiger partial charge is 0.260 e. The third kappa shape index (κ3) is 3.85. The van der Waals surface area contributed by atoms with E-state index in [9.17, 15) is 4.79 Å². The number of halogens is 2. The highest BCUT2D eigenvalue weighted by molar-refractivity contribution is 6.39. The Morgan fingerprint density at radius 2 is 2.12 bits per heavy atom. The van der Waals surface area contributed by atoms with Crippen LogP contribution in [0.25, 0.3) is 10.9 Å². The Morgan fingerprint density at radius 1 is 1.32 bits per heavy atom. The number of pyridine rings is 1. The maximum atomic E-state index is 12.6. The summed E-state index contributed by atoms with van der Waals surface area (Å²) in [6.07, 6.45) is 4.26. The first-order valence-electron chi connectivity index (χ1n) is 8.69. The van der Waals surface area contributed by atoms with Crippen LogP contribution in [-0.2, 0) is 4.79 Å². The summed E-state index contributed by atoms with van der Waals surface area (Å²) in [5, 5.41) is 1.66. The number of aryl methyl sites for hydroxylation is 1. The number of rotatable bonds is 4. The Bertz CT molecular complexity index is 795. The highest BCUT2D eigenvalue weighted by Crippen LogP contribution is 2.37. The van der Waals surface area contributed by atoms with Crippen LogP contribution in [0.2, 0.25) is 10.0 Å². The van der Waals surface area contributed by atoms with Gasteiger partial charge in [-0.3, -0.25) is 4.79 Å². The first kappa shape index (κ1) is 18.3. The van der Waals surface area contributed by atoms with Crippen LogP contribution in [-0.4, -0.2) is 35.0 Å². The lowest BCUT2D eigenvalue weighted by Crippen LogP contribution is -2.45. The van der Waals surface area contributed by atoms with E-state index in [-0.39, 0.29) is 12.5 Å². The zero-order chi connectivity index (χ0) is 18.0. The summed E-state index contributed by atoms with van der Waals surface area (Å²) in [7, 11) is 0. The molecule has 1 aromatic carbocycles. The molecule has 1 saturated heterocycles. The summed E-state index contributed by atoms with van der Waals surface area (Å²) in [5.74, 6) is 0.418. The number of benzene rings is 1. The minimum Gasteiger partial charge on any atom is -0.480 e. The number of carbonyl (C=O) groups is 1. The molecule has 2 heterocycles. The Balaban J connectivity index is 1.83. The van der Waals surface area contributed by atoms with Crippen LogP contribution in [0.5, 0.6) is 5.75 Å². The number of hydrogen-bond acceptors (Lipinski definition) is 3. The van der Waals surface area contributed by atoms with Gasteiger partial charge in [-0.05, 0) is 50.8 Å². The number of carbonyl (C=O) groups excluding carboxylic acids is 1. The molecular weight excluding hydrogens is 359 g/mol. The predicted molar refractivity (Wildman–Crippen MR) is 102 cm³/mol. The fourth-order valence-electron chi connectivity index (χ4n) is 3.40. The van der Waals surface area contributed by atoms with Crippen molar-refractivity contribution in [3.8, 4) is 5.75 Å². The van der Waals surface area contributed by atoms with Crippen LogP contribution >= 0.6 is 23.2 Å². The van der Waals surface area contributed by atoms with Gasteiger partial charge in [0.25, 0.3) is 5.91 Å². The highest BCUT2D eigenvalue weighted by Gasteiger charge is 2.26. The van der Waals surface area contributed by atoms with Crippen LogP contribution in [0.15, 0.2) is 18.2 Å². The Hall–Kier alpha value is -1.52. The number of fused-ring (bicyclic) bond motifs is 1. The molecule has 1 amide bonds. The third-order valence-corrected chi connectivity index (χ3v) is 5.33. The zero-order valence-electron chi connectivity index (χ0n) is 14.5. The molecule has 0 N–H and O–H groups in total. The molecule has 1 aliphatic heterocycles. The van der Waals surface area contributed by atoms with Crippen molar-refractivity contribution in [3.05, 3.63) is 33.9 Å². The SMILES string of the molecule is CCC1CCCCN1C(=O)COc1c(Cl)cc(Cl)c2ccc(C)nc12. The maximum absolute atomic E-state index is 12.6. The van der Waals surface area contributed by atoms with Crippen molar-refractivity contribution >= 4 is 40.0 Å². The fourth-order valence-corrected chi connectivity index (χ4v) is 3.97. The molecule has 1 aromatic heterocycles. The van der Waals surface area contributed by atoms with Crippen LogP contribution in [0, 0.1) is 6.92 Å². The number of hydrogen-bond donors (Lipinski definition) is 0. The van der Waals surface area contributed by atoms with Gasteiger partial charge in [-0.1, -0.05) is 30.1 Å². The van der Waals surface area contributed by atoms with E-state index in [2.05, 4.69) is 11.9 Å². The van der Waals surface area contributed by atoms with Crippen LogP contribution < -0.4 is 4.74 Å². The zero-order valence-corrected chi connectivity index (χ0v) is 16.0. The molecule has 0 saturated carbocycles. The Morgan fingerprint density at radius 3 is 2.88 bits per heavy atom. The van der Waals surface area contributed by atoms with Crippen LogP contribution in [0.4, 0.5) is 0 Å². The number of likely N-dealkylation sites (tertiary alicyclic amines) is 1. The molecule has 0 radical (unpaired) electrons. The lowest BCUT2D eigenvalue weighted by molar-refractivity contribution is -0.137. The molecule has 1 atom stereocenters. The van der Waals surface area contributed by atoms with Crippen LogP contribution in [0.3, 0.4) is 0 Å². The highest BCUT2D eigenvalue weighted by atomic mass is 35.5. The van der Waals surface area contributed by atoms with Gasteiger partial charge in [0.15, 0.2) is 12.4 Å². The van der Waals surface area contributed by atoms with Crippen molar-refractivity contribution in [1.29, 1.82) is 0 Å². The summed E-state index contributed by atoms with van der Waals surface area (Å²) in [6, 6.07) is 5.72. The van der Waals surface area contributed by atoms with Gasteiger partial charge in [0, 0.05) is 23.7 Å². The minimum absolute atomic E-state index is 0.00151. The molecule has 2 aromatic rings. The number of piperidine rings is 1. The lowest BCUT2D eigenvalue weighted by atomic mass is 10.00. The largest absolute Gasteiger partial charge is 0.480 e. The second-order valence-electron chi connectivity index (χ2n) is 6.45. The van der Waals surface area contributed by atoms with Crippen molar-refractivity contribution in [1.82, 2.24) is 9.88 Å². The molecule has 4 nitrogen and oxygen atoms in total. The molecular formula is C19H22Cl2N2O2. The van der Waals surface area contributed by atoms with E-state index in [1.165, 1.54) is 6.42 Å². The molecule has 1 aliphatic rings. The number of ether oxygens (including phenoxy) is 1. The van der Waals surface area contributed by atoms with Gasteiger partial charge in [-0.15, -0.1) is 0 Å². The summed E-state index contributed by atoms with van der Waals surface area (Å²) < 4.78 is 5.82. The lowest BCUT2D eigenvalue weighted by Gasteiger charge is -2.35. The normalized spacial score (nSPS) is 17.8. The molecule has 1 fully saturated rings. The third-order valence-electron chi connectivity index (χ3n) is 4.74. The van der Waals surface area contributed by atoms with E-state index in [4.69, 9.17) is 27.9 Å². The average Bonchev–Trinajstić information content (AvgIpc) is 2.60. The number of nitrogens with zero attached hydrogens (tertiary/aromatic N) is 2. The second-order valence-corrected chi connectivity index (χ2v) is 7.27. The van der Waals surface area contributed by atoms with Crippen molar-refractivity contribution in [2.45, 2.75) is 45.6 Å². The van der Waals surface area contributed by atoms with Gasteiger partial charge in [-0.2, -0.15) is 0 Å². The molecule has 0 aliphatic carbocycles. The predicted octanol–water partition coefficient (Wildman–Crippen LogP) is 5.02. The summed E-state index contributed by atoms with van der Waals surface area (Å²) >= 11 is 12.6. The Kier molecular flexibility index (Phi) is 5.70. The topological polar surface area (TPSA) is 42.4 Å². The molecule has 25 heavy (non-hydrogen) atoms. The van der Waals surface area contributed by atoms with E-state index in [1.807, 2.05) is 24.0 Å². The van der Waals surface area contributed by atoms with Gasteiger partial charge in [-0.25, -0.2) is 4.98 Å². The first-order chi connectivity index (χ1) is 12.0. The molecule has 134 valence electrons. The van der Waals surface area contributed by atoms with E-state index in [0.717, 1.165) is 36.9 Å². The summed E-state index contributed by atoms with van der Waals surface area (Å²) in [5.41, 5.74) is 1.43.